The molecule has 8 aliphatic rings. The first-order chi connectivity index (χ1) is 47.8. The number of anilines is 12. The van der Waals surface area contributed by atoms with Gasteiger partial charge in [-0.05, 0) is 205 Å². The van der Waals surface area contributed by atoms with Crippen LogP contribution in [0.2, 0.25) is 0 Å². The summed E-state index contributed by atoms with van der Waals surface area (Å²) >= 11 is 0. The van der Waals surface area contributed by atoms with Gasteiger partial charge in [-0.25, -0.2) is 0 Å². The van der Waals surface area contributed by atoms with Crippen LogP contribution in [0, 0.1) is 0 Å². The van der Waals surface area contributed by atoms with E-state index in [-0.39, 0.29) is 26.9 Å². The number of hydrogen-bond acceptors (Lipinski definition) is 4. The highest BCUT2D eigenvalue weighted by Crippen LogP contribution is 2.56. The average molecular weight is 1210 g/mol. The van der Waals surface area contributed by atoms with Crippen molar-refractivity contribution in [1.82, 2.24) is 0 Å². The van der Waals surface area contributed by atoms with E-state index in [0.717, 1.165) is 22.7 Å². The molecule has 0 N–H and O–H groups in total. The normalized spacial score (nSPS) is 14.3. The molecule has 16 aromatic rings. The van der Waals surface area contributed by atoms with E-state index in [1.807, 2.05) is 0 Å². The molecule has 8 heterocycles. The zero-order valence-corrected chi connectivity index (χ0v) is 52.0. The molecule has 4 nitrogen and oxygen atoms in total. The predicted molar refractivity (Wildman–Crippen MR) is 410 cm³/mol. The Labute approximate surface area is 556 Å². The summed E-state index contributed by atoms with van der Waals surface area (Å²) in [6.07, 6.45) is 0. The van der Waals surface area contributed by atoms with E-state index in [1.54, 1.807) is 0 Å². The zero-order chi connectivity index (χ0) is 61.9. The van der Waals surface area contributed by atoms with Crippen LogP contribution in [0.3, 0.4) is 0 Å². The zero-order valence-electron chi connectivity index (χ0n) is 52.0. The topological polar surface area (TPSA) is 13.0 Å². The van der Waals surface area contributed by atoms with Gasteiger partial charge in [-0.15, -0.1) is 0 Å². The average Bonchev–Trinajstić information content (AvgIpc) is 0.658. The minimum Gasteiger partial charge on any atom is -0.311 e. The summed E-state index contributed by atoms with van der Waals surface area (Å²) in [4.78, 5) is 10.3. The summed E-state index contributed by atoms with van der Waals surface area (Å²) in [6.45, 7) is -0.172. The minimum absolute atomic E-state index is 0.0431. The second kappa shape index (κ2) is 18.0. The lowest BCUT2D eigenvalue weighted by Gasteiger charge is -2.48. The van der Waals surface area contributed by atoms with Crippen LogP contribution in [0.15, 0.2) is 303 Å². The lowest BCUT2D eigenvalue weighted by atomic mass is 9.26. The smallest absolute Gasteiger partial charge is 0.248 e. The summed E-state index contributed by atoms with van der Waals surface area (Å²) in [5.74, 6) is 0. The molecule has 96 heavy (non-hydrogen) atoms. The summed E-state index contributed by atoms with van der Waals surface area (Å²) < 4.78 is 0. The Morgan fingerprint density at radius 2 is 0.385 bits per heavy atom. The van der Waals surface area contributed by atoms with Crippen LogP contribution < -0.4 is 85.2 Å². The summed E-state index contributed by atoms with van der Waals surface area (Å²) in [7, 11) is 0. The molecule has 24 rings (SSSR count). The Kier molecular flexibility index (Phi) is 9.49. The fourth-order valence-electron chi connectivity index (χ4n) is 20.2. The van der Waals surface area contributed by atoms with E-state index in [0.29, 0.717) is 0 Å². The van der Waals surface area contributed by atoms with Crippen molar-refractivity contribution in [1.29, 1.82) is 0 Å². The van der Waals surface area contributed by atoms with Crippen LogP contribution in [-0.2, 0) is 0 Å². The van der Waals surface area contributed by atoms with Crippen molar-refractivity contribution in [2.45, 2.75) is 0 Å². The molecule has 0 saturated carbocycles. The Balaban J connectivity index is 0.885. The van der Waals surface area contributed by atoms with Gasteiger partial charge in [-0.1, -0.05) is 240 Å². The Hall–Kier alpha value is -12.0. The fraction of sp³-hybridized carbons (Fsp3) is 0. The minimum atomic E-state index is -0.0431. The monoisotopic (exact) mass is 1210 g/mol. The van der Waals surface area contributed by atoms with Crippen molar-refractivity contribution in [3.05, 3.63) is 303 Å². The van der Waals surface area contributed by atoms with Gasteiger partial charge in [-0.2, -0.15) is 0 Å². The van der Waals surface area contributed by atoms with Gasteiger partial charge in [0.2, 0.25) is 26.9 Å². The Bertz CT molecular complexity index is 5530. The predicted octanol–water partition coefficient (Wildman–Crippen LogP) is 13.8. The summed E-state index contributed by atoms with van der Waals surface area (Å²) in [5.41, 5.74) is 39.2. The molecule has 0 aromatic heterocycles. The van der Waals surface area contributed by atoms with Crippen LogP contribution in [0.4, 0.5) is 68.2 Å². The SMILES string of the molecule is c1ccc(N2c3ccccc3B3c4c2cc2c5c4-c4c6c3cccc6c(-c3c6cccc7c6c6c8c(cccc38)B3c8ccccc8N(c8ccccc8)c8cc9c(c-6c83)B7c3ccccc3N9c3ccccc3)c3cccc(c43)B5c3ccccc3N2c2ccccc2)cc1. The third-order valence-corrected chi connectivity index (χ3v) is 23.3. The molecule has 0 unspecified atom stereocenters. The van der Waals surface area contributed by atoms with Crippen LogP contribution in [-0.4, -0.2) is 26.9 Å². The number of rotatable bonds is 5. The van der Waals surface area contributed by atoms with Gasteiger partial charge < -0.3 is 19.6 Å². The maximum atomic E-state index is 2.58. The van der Waals surface area contributed by atoms with E-state index in [4.69, 9.17) is 0 Å². The molecule has 0 spiro atoms. The first kappa shape index (κ1) is 50.6. The van der Waals surface area contributed by atoms with Gasteiger partial charge in [0.25, 0.3) is 0 Å². The van der Waals surface area contributed by atoms with Crippen molar-refractivity contribution in [3.8, 4) is 33.4 Å². The standard InChI is InChI=1S/C88H50B4N4/c1-5-25-51(26-6-1)93-67-45-17-13-37-59(67)89-63-41-21-33-55-75(56-34-22-42-64-78(56)81(77(55)63)83-85(89)71(93)49-72-86(83)90(64)60-38-14-18-46-68(60)94(72)52-27-7-2-8-28-52)76-57-35-23-43-65-79(57)82-80-58(76)36-24-44-66(80)92-62-40-16-20-48-70(62)96(54-31-11-4-12-32-54)74-50-73-87(84(82)88(74)92)91(65)61-39-15-19-47-69(61)95(73)53-29-9-3-10-30-53/h1-50H. The molecule has 0 bridgehead atoms. The first-order valence-electron chi connectivity index (χ1n) is 34.0. The van der Waals surface area contributed by atoms with Gasteiger partial charge >= 0.3 is 0 Å². The quantitative estimate of drug-likeness (QED) is 0.126. The highest BCUT2D eigenvalue weighted by molar-refractivity contribution is 7.07. The van der Waals surface area contributed by atoms with Gasteiger partial charge in [0.15, 0.2) is 0 Å². The number of nitrogens with zero attached hydrogens (tertiary/aromatic N) is 4. The van der Waals surface area contributed by atoms with E-state index in [1.165, 1.54) is 188 Å². The van der Waals surface area contributed by atoms with E-state index >= 15 is 0 Å². The fourth-order valence-corrected chi connectivity index (χ4v) is 20.2. The van der Waals surface area contributed by atoms with Crippen molar-refractivity contribution < 1.29 is 0 Å². The van der Waals surface area contributed by atoms with E-state index < -0.39 is 0 Å². The molecule has 0 amide bonds. The van der Waals surface area contributed by atoms with Crippen LogP contribution in [0.5, 0.6) is 0 Å². The molecule has 8 aliphatic heterocycles. The molecule has 0 saturated heterocycles. The molecule has 0 aliphatic carbocycles. The largest absolute Gasteiger partial charge is 0.311 e. The van der Waals surface area contributed by atoms with E-state index in [2.05, 4.69) is 323 Å². The Morgan fingerprint density at radius 1 is 0.167 bits per heavy atom. The molecule has 16 aromatic carbocycles. The third kappa shape index (κ3) is 5.98. The molecular weight excluding hydrogens is 1160 g/mol. The van der Waals surface area contributed by atoms with Crippen LogP contribution in [0.1, 0.15) is 0 Å². The summed E-state index contributed by atoms with van der Waals surface area (Å²) in [5, 5.41) is 10.7. The highest BCUT2D eigenvalue weighted by atomic mass is 15.2. The second-order valence-corrected chi connectivity index (χ2v) is 27.5. The Morgan fingerprint density at radius 3 is 0.635 bits per heavy atom. The van der Waals surface area contributed by atoms with Gasteiger partial charge in [0.05, 0.1) is 0 Å². The maximum absolute atomic E-state index is 2.58. The molecule has 0 atom stereocenters. The third-order valence-electron chi connectivity index (χ3n) is 23.3. The van der Waals surface area contributed by atoms with Crippen molar-refractivity contribution in [2.75, 3.05) is 19.6 Å². The number of hydrogen-bond donors (Lipinski definition) is 0. The van der Waals surface area contributed by atoms with Crippen LogP contribution >= 0.6 is 0 Å². The summed E-state index contributed by atoms with van der Waals surface area (Å²) in [6, 6.07) is 117. The maximum Gasteiger partial charge on any atom is 0.248 e. The molecular formula is C88H50B4N4. The van der Waals surface area contributed by atoms with Gasteiger partial charge in [-0.3, -0.25) is 0 Å². The first-order valence-corrected chi connectivity index (χ1v) is 34.0. The number of benzene rings is 16. The van der Waals surface area contributed by atoms with Crippen molar-refractivity contribution in [3.63, 3.8) is 0 Å². The van der Waals surface area contributed by atoms with Crippen molar-refractivity contribution in [2.24, 2.45) is 0 Å². The van der Waals surface area contributed by atoms with Gasteiger partial charge in [0, 0.05) is 68.2 Å². The van der Waals surface area contributed by atoms with E-state index in [9.17, 15) is 0 Å². The van der Waals surface area contributed by atoms with Gasteiger partial charge in [0.1, 0.15) is 0 Å². The highest BCUT2D eigenvalue weighted by Gasteiger charge is 2.53. The molecule has 434 valence electrons. The van der Waals surface area contributed by atoms with Crippen LogP contribution in [0.25, 0.3) is 76.5 Å². The molecule has 0 fully saturated rings. The van der Waals surface area contributed by atoms with Crippen molar-refractivity contribution >= 4 is 204 Å². The molecule has 8 heteroatoms. The number of fused-ring (bicyclic) bond motifs is 12. The lowest BCUT2D eigenvalue weighted by molar-refractivity contribution is 1.26. The number of para-hydroxylation sites is 8. The molecule has 0 radical (unpaired) electrons. The lowest BCUT2D eigenvalue weighted by Crippen LogP contribution is -2.66. The second-order valence-electron chi connectivity index (χ2n) is 27.5.